The molecule has 0 radical (unpaired) electrons. The molecule has 1 N–H and O–H groups in total. The Morgan fingerprint density at radius 2 is 1.96 bits per heavy atom. The van der Waals surface area contributed by atoms with Crippen molar-refractivity contribution >= 4 is 29.1 Å². The SMILES string of the molecule is CN(C)C(CNC(=O)c1cccc(N2CCCC2=O)c1)c1ccc(Cl)cc1. The van der Waals surface area contributed by atoms with Crippen molar-refractivity contribution in [1.29, 1.82) is 0 Å². The topological polar surface area (TPSA) is 52.7 Å². The normalized spacial score (nSPS) is 15.3. The van der Waals surface area contributed by atoms with Crippen LogP contribution in [0.15, 0.2) is 48.5 Å². The number of rotatable bonds is 6. The van der Waals surface area contributed by atoms with E-state index in [2.05, 4.69) is 10.2 Å². The van der Waals surface area contributed by atoms with E-state index in [9.17, 15) is 9.59 Å². The standard InChI is InChI=1S/C21H24ClN3O2/c1-24(2)19(15-8-10-17(22)11-9-15)14-23-21(27)16-5-3-6-18(13-16)25-12-4-7-20(25)26/h3,5-6,8-11,13,19H,4,7,12,14H2,1-2H3,(H,23,27). The molecule has 0 aromatic heterocycles. The zero-order valence-electron chi connectivity index (χ0n) is 15.6. The lowest BCUT2D eigenvalue weighted by atomic mass is 10.1. The van der Waals surface area contributed by atoms with Gasteiger partial charge in [-0.15, -0.1) is 0 Å². The number of likely N-dealkylation sites (N-methyl/N-ethyl adjacent to an activating group) is 1. The summed E-state index contributed by atoms with van der Waals surface area (Å²) in [5.41, 5.74) is 2.42. The molecule has 5 nitrogen and oxygen atoms in total. The van der Waals surface area contributed by atoms with E-state index in [-0.39, 0.29) is 17.9 Å². The average Bonchev–Trinajstić information content (AvgIpc) is 3.09. The van der Waals surface area contributed by atoms with Crippen LogP contribution in [0.5, 0.6) is 0 Å². The first kappa shape index (κ1) is 19.4. The van der Waals surface area contributed by atoms with E-state index in [1.54, 1.807) is 17.0 Å². The van der Waals surface area contributed by atoms with Crippen molar-refractivity contribution < 1.29 is 9.59 Å². The van der Waals surface area contributed by atoms with Gasteiger partial charge in [-0.3, -0.25) is 9.59 Å². The minimum atomic E-state index is -0.149. The van der Waals surface area contributed by atoms with Crippen LogP contribution in [0.4, 0.5) is 5.69 Å². The van der Waals surface area contributed by atoms with Gasteiger partial charge in [0.15, 0.2) is 0 Å². The third-order valence-electron chi connectivity index (χ3n) is 4.83. The summed E-state index contributed by atoms with van der Waals surface area (Å²) < 4.78 is 0. The van der Waals surface area contributed by atoms with Gasteiger partial charge < -0.3 is 15.1 Å². The summed E-state index contributed by atoms with van der Waals surface area (Å²) in [6.45, 7) is 1.18. The van der Waals surface area contributed by atoms with Crippen LogP contribution in [0.1, 0.15) is 34.8 Å². The molecular weight excluding hydrogens is 362 g/mol. The van der Waals surface area contributed by atoms with Gasteiger partial charge in [0.1, 0.15) is 0 Å². The lowest BCUT2D eigenvalue weighted by Crippen LogP contribution is -2.34. The van der Waals surface area contributed by atoms with Crippen LogP contribution in [-0.4, -0.2) is 43.9 Å². The molecular formula is C21H24ClN3O2. The van der Waals surface area contributed by atoms with Crippen LogP contribution >= 0.6 is 11.6 Å². The number of carbonyl (C=O) groups is 2. The number of benzene rings is 2. The number of amides is 2. The van der Waals surface area contributed by atoms with Gasteiger partial charge in [-0.2, -0.15) is 0 Å². The molecule has 142 valence electrons. The van der Waals surface area contributed by atoms with E-state index in [1.807, 2.05) is 50.5 Å². The maximum absolute atomic E-state index is 12.7. The molecule has 6 heteroatoms. The monoisotopic (exact) mass is 385 g/mol. The van der Waals surface area contributed by atoms with Crippen molar-refractivity contribution in [2.24, 2.45) is 0 Å². The number of anilines is 1. The van der Waals surface area contributed by atoms with Crippen LogP contribution in [0.25, 0.3) is 0 Å². The molecule has 1 heterocycles. The summed E-state index contributed by atoms with van der Waals surface area (Å²) in [5, 5.41) is 3.69. The van der Waals surface area contributed by atoms with Crippen molar-refractivity contribution in [3.63, 3.8) is 0 Å². The second-order valence-corrected chi connectivity index (χ2v) is 7.38. The minimum absolute atomic E-state index is 0.0366. The summed E-state index contributed by atoms with van der Waals surface area (Å²) >= 11 is 5.97. The molecule has 2 amide bonds. The van der Waals surface area contributed by atoms with E-state index < -0.39 is 0 Å². The molecule has 3 rings (SSSR count). The van der Waals surface area contributed by atoms with Gasteiger partial charge in [0, 0.05) is 35.8 Å². The van der Waals surface area contributed by atoms with Crippen molar-refractivity contribution in [2.75, 3.05) is 32.1 Å². The fraction of sp³-hybridized carbons (Fsp3) is 0.333. The molecule has 0 bridgehead atoms. The third kappa shape index (κ3) is 4.67. The highest BCUT2D eigenvalue weighted by Gasteiger charge is 2.22. The van der Waals surface area contributed by atoms with Gasteiger partial charge in [-0.25, -0.2) is 0 Å². The molecule has 27 heavy (non-hydrogen) atoms. The van der Waals surface area contributed by atoms with Crippen molar-refractivity contribution in [2.45, 2.75) is 18.9 Å². The summed E-state index contributed by atoms with van der Waals surface area (Å²) in [6.07, 6.45) is 1.43. The Labute approximate surface area is 164 Å². The molecule has 2 aromatic carbocycles. The highest BCUT2D eigenvalue weighted by atomic mass is 35.5. The smallest absolute Gasteiger partial charge is 0.251 e. The molecule has 1 atom stereocenters. The first-order chi connectivity index (χ1) is 13.0. The quantitative estimate of drug-likeness (QED) is 0.828. The van der Waals surface area contributed by atoms with E-state index in [0.29, 0.717) is 30.1 Å². The molecule has 0 saturated carbocycles. The van der Waals surface area contributed by atoms with Crippen LogP contribution in [0, 0.1) is 0 Å². The first-order valence-corrected chi connectivity index (χ1v) is 9.44. The molecule has 1 aliphatic rings. The molecule has 1 aliphatic heterocycles. The summed E-state index contributed by atoms with van der Waals surface area (Å²) in [7, 11) is 3.95. The Morgan fingerprint density at radius 3 is 2.59 bits per heavy atom. The van der Waals surface area contributed by atoms with Gasteiger partial charge in [0.05, 0.1) is 6.04 Å². The van der Waals surface area contributed by atoms with Gasteiger partial charge in [-0.05, 0) is 56.4 Å². The molecule has 1 fully saturated rings. The van der Waals surface area contributed by atoms with E-state index in [1.165, 1.54) is 0 Å². The van der Waals surface area contributed by atoms with E-state index >= 15 is 0 Å². The molecule has 1 saturated heterocycles. The summed E-state index contributed by atoms with van der Waals surface area (Å²) in [4.78, 5) is 28.4. The zero-order chi connectivity index (χ0) is 19.4. The van der Waals surface area contributed by atoms with Crippen LogP contribution in [0.3, 0.4) is 0 Å². The lowest BCUT2D eigenvalue weighted by molar-refractivity contribution is -0.117. The Morgan fingerprint density at radius 1 is 1.22 bits per heavy atom. The Balaban J connectivity index is 1.69. The summed E-state index contributed by atoms with van der Waals surface area (Å²) in [6, 6.07) is 14.9. The lowest BCUT2D eigenvalue weighted by Gasteiger charge is -2.25. The Bertz CT molecular complexity index is 820. The highest BCUT2D eigenvalue weighted by molar-refractivity contribution is 6.30. The predicted octanol–water partition coefficient (Wildman–Crippen LogP) is 3.50. The van der Waals surface area contributed by atoms with Gasteiger partial charge in [0.25, 0.3) is 5.91 Å². The van der Waals surface area contributed by atoms with Crippen molar-refractivity contribution in [3.05, 3.63) is 64.7 Å². The first-order valence-electron chi connectivity index (χ1n) is 9.06. The zero-order valence-corrected chi connectivity index (χ0v) is 16.4. The molecule has 0 aliphatic carbocycles. The highest BCUT2D eigenvalue weighted by Crippen LogP contribution is 2.23. The third-order valence-corrected chi connectivity index (χ3v) is 5.08. The maximum Gasteiger partial charge on any atom is 0.251 e. The fourth-order valence-electron chi connectivity index (χ4n) is 3.31. The molecule has 1 unspecified atom stereocenters. The second kappa shape index (κ2) is 8.55. The van der Waals surface area contributed by atoms with Crippen molar-refractivity contribution in [1.82, 2.24) is 10.2 Å². The number of nitrogens with one attached hydrogen (secondary N) is 1. The Kier molecular flexibility index (Phi) is 6.14. The fourth-order valence-corrected chi connectivity index (χ4v) is 3.44. The molecule has 2 aromatic rings. The van der Waals surface area contributed by atoms with Crippen LogP contribution < -0.4 is 10.2 Å². The minimum Gasteiger partial charge on any atom is -0.350 e. The number of halogens is 1. The average molecular weight is 386 g/mol. The van der Waals surface area contributed by atoms with E-state index in [0.717, 1.165) is 17.7 Å². The number of nitrogens with zero attached hydrogens (tertiary/aromatic N) is 2. The van der Waals surface area contributed by atoms with Crippen LogP contribution in [0.2, 0.25) is 5.02 Å². The number of carbonyl (C=O) groups excluding carboxylic acids is 2. The van der Waals surface area contributed by atoms with Gasteiger partial charge in [0.2, 0.25) is 5.91 Å². The largest absolute Gasteiger partial charge is 0.350 e. The van der Waals surface area contributed by atoms with E-state index in [4.69, 9.17) is 11.6 Å². The summed E-state index contributed by atoms with van der Waals surface area (Å²) in [5.74, 6) is -0.0349. The maximum atomic E-state index is 12.7. The number of hydrogen-bond acceptors (Lipinski definition) is 3. The Hall–Kier alpha value is -2.37. The van der Waals surface area contributed by atoms with Gasteiger partial charge >= 0.3 is 0 Å². The van der Waals surface area contributed by atoms with Crippen LogP contribution in [-0.2, 0) is 4.79 Å². The predicted molar refractivity (Wildman–Crippen MR) is 108 cm³/mol. The van der Waals surface area contributed by atoms with Crippen molar-refractivity contribution in [3.8, 4) is 0 Å². The van der Waals surface area contributed by atoms with Gasteiger partial charge in [-0.1, -0.05) is 29.8 Å². The second-order valence-electron chi connectivity index (χ2n) is 6.94. The number of hydrogen-bond donors (Lipinski definition) is 1. The molecule has 0 spiro atoms.